The van der Waals surface area contributed by atoms with Crippen LogP contribution in [0.4, 0.5) is 5.00 Å². The fourth-order valence-electron chi connectivity index (χ4n) is 3.03. The van der Waals surface area contributed by atoms with Gasteiger partial charge in [-0.1, -0.05) is 50.5 Å². The van der Waals surface area contributed by atoms with Gasteiger partial charge in [0.25, 0.3) is 0 Å². The highest BCUT2D eigenvalue weighted by Gasteiger charge is 2.21. The van der Waals surface area contributed by atoms with Crippen LogP contribution < -0.4 is 5.32 Å². The minimum atomic E-state index is -0.0285. The van der Waals surface area contributed by atoms with E-state index in [4.69, 9.17) is 0 Å². The van der Waals surface area contributed by atoms with Crippen LogP contribution >= 0.6 is 11.3 Å². The summed E-state index contributed by atoms with van der Waals surface area (Å²) in [5.41, 5.74) is 4.32. The summed E-state index contributed by atoms with van der Waals surface area (Å²) >= 11 is 1.70. The van der Waals surface area contributed by atoms with Crippen LogP contribution in [0.5, 0.6) is 0 Å². The third-order valence-corrected chi connectivity index (χ3v) is 5.46. The van der Waals surface area contributed by atoms with Crippen molar-refractivity contribution in [1.82, 2.24) is 0 Å². The largest absolute Gasteiger partial charge is 0.316 e. The average Bonchev–Trinajstić information content (AvgIpc) is 2.89. The van der Waals surface area contributed by atoms with Gasteiger partial charge in [-0.2, -0.15) is 0 Å². The van der Waals surface area contributed by atoms with Crippen molar-refractivity contribution in [1.29, 1.82) is 0 Å². The minimum Gasteiger partial charge on any atom is -0.316 e. The molecule has 0 saturated heterocycles. The van der Waals surface area contributed by atoms with E-state index in [9.17, 15) is 4.79 Å². The summed E-state index contributed by atoms with van der Waals surface area (Å²) in [5, 5.41) is 3.98. The maximum atomic E-state index is 12.0. The summed E-state index contributed by atoms with van der Waals surface area (Å²) in [7, 11) is 0. The van der Waals surface area contributed by atoms with Crippen molar-refractivity contribution in [2.24, 2.45) is 4.99 Å². The number of anilines is 1. The number of benzene rings is 1. The molecule has 3 rings (SSSR count). The lowest BCUT2D eigenvalue weighted by Gasteiger charge is -2.08. The first-order valence-corrected chi connectivity index (χ1v) is 9.54. The maximum absolute atomic E-state index is 12.0. The van der Waals surface area contributed by atoms with Crippen molar-refractivity contribution >= 4 is 28.0 Å². The number of rotatable bonds is 6. The SMILES string of the molecule is CCCCCCc1cc2c(s1)NC(=O)CN=C2c1ccccc1C. The standard InChI is InChI=1S/C20H24N2OS/c1-3-4-5-6-10-15-12-17-19(16-11-8-7-9-14(16)2)21-13-18(23)22-20(17)24-15/h7-9,11-12H,3-6,10,13H2,1-2H3,(H,22,23). The molecule has 0 radical (unpaired) electrons. The number of amides is 1. The predicted octanol–water partition coefficient (Wildman–Crippen LogP) is 4.97. The van der Waals surface area contributed by atoms with Gasteiger partial charge in [0, 0.05) is 16.0 Å². The van der Waals surface area contributed by atoms with E-state index >= 15 is 0 Å². The Bertz CT molecular complexity index is 761. The van der Waals surface area contributed by atoms with E-state index in [2.05, 4.69) is 42.4 Å². The van der Waals surface area contributed by atoms with Gasteiger partial charge in [-0.15, -0.1) is 11.3 Å². The Balaban J connectivity index is 1.91. The number of thiophene rings is 1. The molecule has 0 bridgehead atoms. The van der Waals surface area contributed by atoms with E-state index in [1.54, 1.807) is 11.3 Å². The molecule has 1 aliphatic rings. The van der Waals surface area contributed by atoms with Crippen LogP contribution in [0.3, 0.4) is 0 Å². The molecule has 0 fully saturated rings. The summed E-state index contributed by atoms with van der Waals surface area (Å²) in [6.45, 7) is 4.51. The fraction of sp³-hybridized carbons (Fsp3) is 0.400. The second kappa shape index (κ2) is 7.75. The van der Waals surface area contributed by atoms with Gasteiger partial charge in [0.2, 0.25) is 5.91 Å². The third kappa shape index (κ3) is 3.75. The van der Waals surface area contributed by atoms with Crippen LogP contribution in [0.25, 0.3) is 0 Å². The molecule has 1 amide bonds. The van der Waals surface area contributed by atoms with Crippen LogP contribution in [-0.2, 0) is 11.2 Å². The van der Waals surface area contributed by atoms with Gasteiger partial charge in [-0.3, -0.25) is 9.79 Å². The number of aryl methyl sites for hydroxylation is 2. The van der Waals surface area contributed by atoms with Crippen LogP contribution in [0.2, 0.25) is 0 Å². The fourth-order valence-corrected chi connectivity index (χ4v) is 4.15. The predicted molar refractivity (Wildman–Crippen MR) is 102 cm³/mol. The Morgan fingerprint density at radius 3 is 2.79 bits per heavy atom. The molecule has 24 heavy (non-hydrogen) atoms. The van der Waals surface area contributed by atoms with E-state index in [-0.39, 0.29) is 12.5 Å². The molecule has 1 aliphatic heterocycles. The molecule has 1 N–H and O–H groups in total. The Hall–Kier alpha value is -1.94. The number of nitrogens with zero attached hydrogens (tertiary/aromatic N) is 1. The molecule has 0 unspecified atom stereocenters. The number of carbonyl (C=O) groups excluding carboxylic acids is 1. The summed E-state index contributed by atoms with van der Waals surface area (Å²) in [6, 6.07) is 10.5. The van der Waals surface area contributed by atoms with E-state index in [0.29, 0.717) is 0 Å². The zero-order chi connectivity index (χ0) is 16.9. The number of fused-ring (bicyclic) bond motifs is 1. The smallest absolute Gasteiger partial charge is 0.246 e. The third-order valence-electron chi connectivity index (χ3n) is 4.35. The van der Waals surface area contributed by atoms with Crippen molar-refractivity contribution in [2.45, 2.75) is 46.0 Å². The highest BCUT2D eigenvalue weighted by Crippen LogP contribution is 2.33. The second-order valence-electron chi connectivity index (χ2n) is 6.29. The van der Waals surface area contributed by atoms with E-state index in [1.165, 1.54) is 36.1 Å². The molecule has 0 spiro atoms. The quantitative estimate of drug-likeness (QED) is 0.741. The molecule has 1 aromatic carbocycles. The molecular weight excluding hydrogens is 316 g/mol. The zero-order valence-corrected chi connectivity index (χ0v) is 15.2. The van der Waals surface area contributed by atoms with Crippen LogP contribution in [0.1, 0.15) is 54.2 Å². The Morgan fingerprint density at radius 1 is 1.17 bits per heavy atom. The van der Waals surface area contributed by atoms with Gasteiger partial charge in [0.1, 0.15) is 11.5 Å². The molecule has 4 heteroatoms. The lowest BCUT2D eigenvalue weighted by atomic mass is 9.99. The monoisotopic (exact) mass is 340 g/mol. The van der Waals surface area contributed by atoms with E-state index in [1.807, 2.05) is 12.1 Å². The summed E-state index contributed by atoms with van der Waals surface area (Å²) in [5.74, 6) is -0.0285. The van der Waals surface area contributed by atoms with Gasteiger partial charge < -0.3 is 5.32 Å². The molecule has 0 saturated carbocycles. The first-order chi connectivity index (χ1) is 11.7. The number of carbonyl (C=O) groups is 1. The number of hydrogen-bond donors (Lipinski definition) is 1. The Morgan fingerprint density at radius 2 is 2.00 bits per heavy atom. The number of hydrogen-bond acceptors (Lipinski definition) is 3. The molecule has 126 valence electrons. The molecule has 0 atom stereocenters. The van der Waals surface area contributed by atoms with Gasteiger partial charge in [-0.05, 0) is 31.4 Å². The molecule has 1 aromatic heterocycles. The van der Waals surface area contributed by atoms with Crippen molar-refractivity contribution in [3.63, 3.8) is 0 Å². The van der Waals surface area contributed by atoms with Crippen molar-refractivity contribution < 1.29 is 4.79 Å². The average molecular weight is 340 g/mol. The van der Waals surface area contributed by atoms with Crippen LogP contribution in [-0.4, -0.2) is 18.2 Å². The van der Waals surface area contributed by atoms with Crippen molar-refractivity contribution in [3.05, 3.63) is 51.9 Å². The Kier molecular flexibility index (Phi) is 5.46. The normalized spacial score (nSPS) is 13.9. The van der Waals surface area contributed by atoms with E-state index < -0.39 is 0 Å². The molecule has 2 aromatic rings. The second-order valence-corrected chi connectivity index (χ2v) is 7.43. The van der Waals surface area contributed by atoms with Gasteiger partial charge in [0.15, 0.2) is 0 Å². The van der Waals surface area contributed by atoms with Crippen LogP contribution in [0.15, 0.2) is 35.3 Å². The van der Waals surface area contributed by atoms with Gasteiger partial charge >= 0.3 is 0 Å². The topological polar surface area (TPSA) is 41.5 Å². The lowest BCUT2D eigenvalue weighted by Crippen LogP contribution is -2.12. The number of aliphatic imine (C=N–C) groups is 1. The molecule has 3 nitrogen and oxygen atoms in total. The zero-order valence-electron chi connectivity index (χ0n) is 14.4. The van der Waals surface area contributed by atoms with Gasteiger partial charge in [0.05, 0.1) is 5.71 Å². The molecular formula is C20H24N2OS. The summed E-state index contributed by atoms with van der Waals surface area (Å²) in [6.07, 6.45) is 6.09. The first kappa shape index (κ1) is 16.9. The summed E-state index contributed by atoms with van der Waals surface area (Å²) < 4.78 is 0. The lowest BCUT2D eigenvalue weighted by molar-refractivity contribution is -0.114. The maximum Gasteiger partial charge on any atom is 0.246 e. The van der Waals surface area contributed by atoms with Crippen molar-refractivity contribution in [3.8, 4) is 0 Å². The summed E-state index contributed by atoms with van der Waals surface area (Å²) in [4.78, 5) is 17.9. The minimum absolute atomic E-state index is 0.0285. The van der Waals surface area contributed by atoms with E-state index in [0.717, 1.165) is 28.3 Å². The molecule has 0 aliphatic carbocycles. The Labute approximate surface area is 147 Å². The highest BCUT2D eigenvalue weighted by molar-refractivity contribution is 7.16. The number of nitrogens with one attached hydrogen (secondary N) is 1. The first-order valence-electron chi connectivity index (χ1n) is 8.72. The van der Waals surface area contributed by atoms with Gasteiger partial charge in [-0.25, -0.2) is 0 Å². The van der Waals surface area contributed by atoms with Crippen molar-refractivity contribution in [2.75, 3.05) is 11.9 Å². The highest BCUT2D eigenvalue weighted by atomic mass is 32.1. The van der Waals surface area contributed by atoms with Crippen LogP contribution in [0, 0.1) is 6.92 Å². The number of unbranched alkanes of at least 4 members (excludes halogenated alkanes) is 3. The molecule has 2 heterocycles.